The molecule has 2 atom stereocenters. The molecule has 0 radical (unpaired) electrons. The Morgan fingerprint density at radius 1 is 1.48 bits per heavy atom. The molecule has 2 N–H and O–H groups in total. The molecular weight excluding hydrogens is 484 g/mol. The number of hydrogen-bond donors (Lipinski definition) is 2. The summed E-state index contributed by atoms with van der Waals surface area (Å²) in [5.41, 5.74) is 1.98. The van der Waals surface area contributed by atoms with E-state index >= 15 is 0 Å². The van der Waals surface area contributed by atoms with Crippen molar-refractivity contribution < 1.29 is 19.5 Å². The van der Waals surface area contributed by atoms with E-state index in [-0.39, 0.29) is 11.3 Å². The van der Waals surface area contributed by atoms with Crippen molar-refractivity contribution in [3.8, 4) is 0 Å². The minimum atomic E-state index is -1.19. The number of hydrogen-bond acceptors (Lipinski definition) is 9. The van der Waals surface area contributed by atoms with Crippen molar-refractivity contribution in [2.75, 3.05) is 11.5 Å². The van der Waals surface area contributed by atoms with E-state index in [4.69, 9.17) is 11.6 Å². The van der Waals surface area contributed by atoms with Gasteiger partial charge in [0.25, 0.3) is 11.8 Å². The van der Waals surface area contributed by atoms with E-state index in [9.17, 15) is 19.5 Å². The highest BCUT2D eigenvalue weighted by Crippen LogP contribution is 2.41. The summed E-state index contributed by atoms with van der Waals surface area (Å²) in [6.45, 7) is 0. The van der Waals surface area contributed by atoms with E-state index < -0.39 is 29.2 Å². The summed E-state index contributed by atoms with van der Waals surface area (Å²) >= 11 is 9.87. The lowest BCUT2D eigenvalue weighted by molar-refractivity contribution is -0.150. The molecule has 2 aliphatic heterocycles. The second-order valence-electron chi connectivity index (χ2n) is 6.49. The number of aryl methyl sites for hydroxylation is 1. The molecule has 10 nitrogen and oxygen atoms in total. The number of aromatic nitrogens is 4. The fourth-order valence-electron chi connectivity index (χ4n) is 3.16. The zero-order valence-corrected chi connectivity index (χ0v) is 19.1. The molecule has 14 heteroatoms. The number of halogens is 1. The number of aliphatic carboxylic acids is 1. The monoisotopic (exact) mass is 498 g/mol. The molecule has 162 valence electrons. The Hall–Kier alpha value is -2.35. The van der Waals surface area contributed by atoms with Gasteiger partial charge < -0.3 is 10.4 Å². The third-order valence-electron chi connectivity index (χ3n) is 4.63. The Labute approximate surface area is 193 Å². The number of carbonyl (C=O) groups is 3. The van der Waals surface area contributed by atoms with Crippen molar-refractivity contribution in [3.05, 3.63) is 39.2 Å². The molecule has 1 saturated heterocycles. The lowest BCUT2D eigenvalue weighted by atomic mass is 10.0. The van der Waals surface area contributed by atoms with Crippen LogP contribution in [0.5, 0.6) is 0 Å². The quantitative estimate of drug-likeness (QED) is 0.330. The Bertz CT molecular complexity index is 1100. The number of amides is 2. The standard InChI is InChI=1S/C17H15ClN6O4S3/c1-23-17(20-21-22-23)31-7-8-6-30-15-11(14(26)24(15)12(8)16(27)28)19-13(25)9(5-18)10-3-2-4-29-10/h2-5,11,15H,6-7H2,1H3,(H,19,25)(H,27,28)/b9-5+/t11?,15-/m1/s1. The number of thiophene rings is 1. The fourth-order valence-corrected chi connectivity index (χ4v) is 6.51. The smallest absolute Gasteiger partial charge is 0.352 e. The summed E-state index contributed by atoms with van der Waals surface area (Å²) in [5.74, 6) is -1.40. The molecule has 0 aliphatic carbocycles. The molecular formula is C17H15ClN6O4S3. The number of carboxylic acids is 1. The lowest BCUT2D eigenvalue weighted by Gasteiger charge is -2.49. The third kappa shape index (κ3) is 4.10. The van der Waals surface area contributed by atoms with Crippen LogP contribution in [0.15, 0.2) is 39.5 Å². The van der Waals surface area contributed by atoms with E-state index in [1.165, 1.54) is 50.0 Å². The van der Waals surface area contributed by atoms with Gasteiger partial charge in [-0.1, -0.05) is 29.4 Å². The number of tetrazole rings is 1. The Balaban J connectivity index is 1.49. The summed E-state index contributed by atoms with van der Waals surface area (Å²) in [6, 6.07) is 2.72. The normalized spacial score (nSPS) is 21.0. The molecule has 4 rings (SSSR count). The van der Waals surface area contributed by atoms with Crippen LogP contribution in [0.4, 0.5) is 0 Å². The first-order valence-corrected chi connectivity index (χ1v) is 12.2. The molecule has 0 bridgehead atoms. The number of fused-ring (bicyclic) bond motifs is 1. The minimum Gasteiger partial charge on any atom is -0.477 e. The van der Waals surface area contributed by atoms with Crippen LogP contribution >= 0.6 is 46.5 Å². The average molecular weight is 499 g/mol. The van der Waals surface area contributed by atoms with Gasteiger partial charge in [-0.25, -0.2) is 9.48 Å². The van der Waals surface area contributed by atoms with Gasteiger partial charge in [0, 0.05) is 29.0 Å². The number of carbonyl (C=O) groups excluding carboxylic acids is 2. The Morgan fingerprint density at radius 2 is 2.29 bits per heavy atom. The van der Waals surface area contributed by atoms with E-state index in [1.54, 1.807) is 19.2 Å². The third-order valence-corrected chi connectivity index (χ3v) is 8.19. The first-order valence-electron chi connectivity index (χ1n) is 8.82. The molecule has 0 aromatic carbocycles. The molecule has 4 heterocycles. The second kappa shape index (κ2) is 9.02. The maximum Gasteiger partial charge on any atom is 0.352 e. The maximum atomic E-state index is 12.8. The number of nitrogens with zero attached hydrogens (tertiary/aromatic N) is 5. The highest BCUT2D eigenvalue weighted by atomic mass is 35.5. The zero-order chi connectivity index (χ0) is 22.1. The van der Waals surface area contributed by atoms with Crippen LogP contribution in [0.2, 0.25) is 0 Å². The molecule has 2 aromatic rings. The predicted octanol–water partition coefficient (Wildman–Crippen LogP) is 1.38. The molecule has 0 saturated carbocycles. The largest absolute Gasteiger partial charge is 0.477 e. The first kappa shape index (κ1) is 21.9. The Kier molecular flexibility index (Phi) is 6.36. The van der Waals surface area contributed by atoms with E-state index in [2.05, 4.69) is 20.8 Å². The molecule has 2 aliphatic rings. The summed E-state index contributed by atoms with van der Waals surface area (Å²) in [7, 11) is 1.69. The molecule has 2 aromatic heterocycles. The second-order valence-corrected chi connectivity index (χ2v) is 9.71. The van der Waals surface area contributed by atoms with Crippen molar-refractivity contribution in [1.82, 2.24) is 30.4 Å². The van der Waals surface area contributed by atoms with Gasteiger partial charge in [-0.3, -0.25) is 14.5 Å². The van der Waals surface area contributed by atoms with Crippen LogP contribution in [-0.4, -0.2) is 70.9 Å². The van der Waals surface area contributed by atoms with Gasteiger partial charge in [0.15, 0.2) is 0 Å². The maximum absolute atomic E-state index is 12.8. The van der Waals surface area contributed by atoms with Crippen molar-refractivity contribution in [1.29, 1.82) is 0 Å². The molecule has 1 unspecified atom stereocenters. The topological polar surface area (TPSA) is 130 Å². The summed E-state index contributed by atoms with van der Waals surface area (Å²) in [4.78, 5) is 39.3. The molecule has 31 heavy (non-hydrogen) atoms. The van der Waals surface area contributed by atoms with Gasteiger partial charge in [0.1, 0.15) is 17.1 Å². The van der Waals surface area contributed by atoms with Gasteiger partial charge in [0.2, 0.25) is 5.16 Å². The van der Waals surface area contributed by atoms with Crippen molar-refractivity contribution in [2.45, 2.75) is 16.6 Å². The molecule has 2 amide bonds. The zero-order valence-electron chi connectivity index (χ0n) is 15.9. The van der Waals surface area contributed by atoms with Crippen molar-refractivity contribution in [3.63, 3.8) is 0 Å². The molecule has 1 fully saturated rings. The van der Waals surface area contributed by atoms with Crippen molar-refractivity contribution >= 4 is 69.8 Å². The number of nitrogens with one attached hydrogen (secondary N) is 1. The van der Waals surface area contributed by atoms with Gasteiger partial charge in [-0.05, 0) is 27.4 Å². The van der Waals surface area contributed by atoms with Gasteiger partial charge >= 0.3 is 5.97 Å². The summed E-state index contributed by atoms with van der Waals surface area (Å²) in [5, 5.41) is 25.5. The van der Waals surface area contributed by atoms with E-state index in [1.807, 2.05) is 5.38 Å². The average Bonchev–Trinajstić information content (AvgIpc) is 3.42. The van der Waals surface area contributed by atoms with E-state index in [0.717, 1.165) is 0 Å². The first-order chi connectivity index (χ1) is 14.9. The number of rotatable bonds is 7. The van der Waals surface area contributed by atoms with Gasteiger partial charge in [-0.15, -0.1) is 28.2 Å². The number of thioether (sulfide) groups is 2. The van der Waals surface area contributed by atoms with Crippen LogP contribution in [0, 0.1) is 0 Å². The van der Waals surface area contributed by atoms with Gasteiger partial charge in [-0.2, -0.15) is 0 Å². The highest BCUT2D eigenvalue weighted by molar-refractivity contribution is 8.01. The lowest BCUT2D eigenvalue weighted by Crippen LogP contribution is -2.70. The summed E-state index contributed by atoms with van der Waals surface area (Å²) < 4.78 is 1.49. The summed E-state index contributed by atoms with van der Waals surface area (Å²) in [6.07, 6.45) is 0. The van der Waals surface area contributed by atoms with Crippen LogP contribution in [0.3, 0.4) is 0 Å². The van der Waals surface area contributed by atoms with Gasteiger partial charge in [0.05, 0.1) is 5.57 Å². The van der Waals surface area contributed by atoms with Crippen molar-refractivity contribution in [2.24, 2.45) is 7.05 Å². The predicted molar refractivity (Wildman–Crippen MR) is 117 cm³/mol. The minimum absolute atomic E-state index is 0.0479. The van der Waals surface area contributed by atoms with E-state index in [0.29, 0.717) is 27.1 Å². The van der Waals surface area contributed by atoms with Crippen LogP contribution in [0.25, 0.3) is 5.57 Å². The van der Waals surface area contributed by atoms with Crippen LogP contribution in [-0.2, 0) is 21.4 Å². The Morgan fingerprint density at radius 3 is 2.90 bits per heavy atom. The highest BCUT2D eigenvalue weighted by Gasteiger charge is 2.54. The fraction of sp³-hybridized carbons (Fsp3) is 0.294. The number of β-lactam (4-membered cyclic amide) rings is 1. The SMILES string of the molecule is Cn1nnnc1SCC1=C(C(=O)O)N2C(=O)C(NC(=O)/C(=C/Cl)c3cccs3)[C@H]2SC1. The number of carboxylic acid groups (broad SMARTS) is 1. The molecule has 0 spiro atoms. The van der Waals surface area contributed by atoms with Crippen LogP contribution in [0.1, 0.15) is 4.88 Å². The van der Waals surface area contributed by atoms with Crippen LogP contribution < -0.4 is 5.32 Å².